The smallest absolute Gasteiger partial charge is 0.262 e. The Balaban J connectivity index is 1.60. The van der Waals surface area contributed by atoms with Gasteiger partial charge in [-0.05, 0) is 36.4 Å². The number of ether oxygens (including phenoxy) is 2. The van der Waals surface area contributed by atoms with Crippen molar-refractivity contribution in [3.8, 4) is 11.5 Å². The van der Waals surface area contributed by atoms with Crippen molar-refractivity contribution in [1.29, 1.82) is 0 Å². The van der Waals surface area contributed by atoms with Crippen LogP contribution >= 0.6 is 11.6 Å². The van der Waals surface area contributed by atoms with Crippen LogP contribution in [0, 0.1) is 11.6 Å². The number of halogens is 3. The third-order valence-corrected chi connectivity index (χ3v) is 3.76. The molecule has 0 atom stereocenters. The van der Waals surface area contributed by atoms with Crippen molar-refractivity contribution in [3.63, 3.8) is 0 Å². The van der Waals surface area contributed by atoms with Crippen LogP contribution in [-0.4, -0.2) is 31.6 Å². The average Bonchev–Trinajstić information content (AvgIpc) is 2.68. The molecule has 0 bridgehead atoms. The zero-order valence-corrected chi connectivity index (χ0v) is 16.1. The normalized spacial score (nSPS) is 10.2. The van der Waals surface area contributed by atoms with Crippen LogP contribution in [0.2, 0.25) is 5.02 Å². The van der Waals surface area contributed by atoms with Gasteiger partial charge in [0.15, 0.2) is 24.8 Å². The van der Waals surface area contributed by atoms with Crippen LogP contribution in [-0.2, 0) is 9.59 Å². The third kappa shape index (κ3) is 8.18. The lowest BCUT2D eigenvalue weighted by Crippen LogP contribution is -2.32. The largest absolute Gasteiger partial charge is 0.484 e. The Morgan fingerprint density at radius 3 is 2.24 bits per heavy atom. The molecule has 0 saturated heterocycles. The number of rotatable bonds is 10. The van der Waals surface area contributed by atoms with E-state index in [-0.39, 0.29) is 24.8 Å². The molecule has 154 valence electrons. The van der Waals surface area contributed by atoms with Gasteiger partial charge in [0.25, 0.3) is 11.8 Å². The molecule has 9 heteroatoms. The Labute approximate surface area is 171 Å². The summed E-state index contributed by atoms with van der Waals surface area (Å²) in [5.74, 6) is -2.38. The Morgan fingerprint density at radius 1 is 0.931 bits per heavy atom. The summed E-state index contributed by atoms with van der Waals surface area (Å²) in [6.45, 7) is 3.36. The minimum atomic E-state index is -1.07. The van der Waals surface area contributed by atoms with Crippen LogP contribution in [0.1, 0.15) is 6.42 Å². The highest BCUT2D eigenvalue weighted by molar-refractivity contribution is 6.30. The van der Waals surface area contributed by atoms with Gasteiger partial charge in [-0.1, -0.05) is 18.2 Å². The van der Waals surface area contributed by atoms with Gasteiger partial charge in [0.2, 0.25) is 0 Å². The molecule has 29 heavy (non-hydrogen) atoms. The zero-order chi connectivity index (χ0) is 21.2. The van der Waals surface area contributed by atoms with Crippen molar-refractivity contribution >= 4 is 23.4 Å². The van der Waals surface area contributed by atoms with Gasteiger partial charge in [-0.2, -0.15) is 0 Å². The summed E-state index contributed by atoms with van der Waals surface area (Å²) in [4.78, 5) is 23.5. The lowest BCUT2D eigenvalue weighted by atomic mass is 10.3. The first-order valence-electron chi connectivity index (χ1n) is 8.54. The summed E-state index contributed by atoms with van der Waals surface area (Å²) in [5, 5.41) is 5.69. The number of amides is 2. The van der Waals surface area contributed by atoms with Gasteiger partial charge in [-0.25, -0.2) is 8.78 Å². The van der Waals surface area contributed by atoms with E-state index in [1.807, 2.05) is 0 Å². The van der Waals surface area contributed by atoms with Gasteiger partial charge in [0.1, 0.15) is 11.5 Å². The fourth-order valence-corrected chi connectivity index (χ4v) is 2.22. The first-order valence-corrected chi connectivity index (χ1v) is 8.92. The Hall–Kier alpha value is -3.13. The highest BCUT2D eigenvalue weighted by Gasteiger charge is 2.08. The fraction of sp³-hybridized carbons (Fsp3) is 0.200. The summed E-state index contributed by atoms with van der Waals surface area (Å²) in [7, 11) is 0. The van der Waals surface area contributed by atoms with E-state index in [2.05, 4.69) is 17.2 Å². The number of hydrogen-bond acceptors (Lipinski definition) is 4. The molecule has 0 spiro atoms. The van der Waals surface area contributed by atoms with Gasteiger partial charge >= 0.3 is 0 Å². The minimum Gasteiger partial charge on any atom is -0.484 e. The quantitative estimate of drug-likeness (QED) is 0.614. The molecular formula is C20H19ClF2N2O4. The number of carbonyl (C=O) groups is 2. The van der Waals surface area contributed by atoms with Crippen molar-refractivity contribution < 1.29 is 27.8 Å². The first-order chi connectivity index (χ1) is 13.8. The van der Waals surface area contributed by atoms with E-state index >= 15 is 0 Å². The molecule has 0 aliphatic heterocycles. The summed E-state index contributed by atoms with van der Waals surface area (Å²) >= 11 is 5.76. The van der Waals surface area contributed by atoms with Gasteiger partial charge < -0.3 is 20.1 Å². The number of hydrogen-bond donors (Lipinski definition) is 2. The fourth-order valence-electron chi connectivity index (χ4n) is 2.09. The summed E-state index contributed by atoms with van der Waals surface area (Å²) in [5.41, 5.74) is 0.364. The molecule has 0 saturated carbocycles. The topological polar surface area (TPSA) is 76.7 Å². The highest BCUT2D eigenvalue weighted by atomic mass is 35.5. The molecule has 2 amide bonds. The van der Waals surface area contributed by atoms with E-state index in [0.29, 0.717) is 22.9 Å². The minimum absolute atomic E-state index is 0.0256. The standard InChI is InChI=1S/C20H19ClF2N2O4/c1-13(25-20(27)12-29-16-6-7-17(22)18(23)10-16)8-9-24-19(26)11-28-15-4-2-14(21)3-5-15/h2-7,10H,1,8-9,11-12H2,(H,24,26)(H,25,27). The Kier molecular flexibility index (Phi) is 8.42. The Bertz CT molecular complexity index is 875. The van der Waals surface area contributed by atoms with Crippen molar-refractivity contribution in [2.45, 2.75) is 6.42 Å². The van der Waals surface area contributed by atoms with Gasteiger partial charge in [-0.15, -0.1) is 0 Å². The van der Waals surface area contributed by atoms with Crippen LogP contribution in [0.15, 0.2) is 54.7 Å². The van der Waals surface area contributed by atoms with Gasteiger partial charge in [0, 0.05) is 29.8 Å². The SMILES string of the molecule is C=C(CCNC(=O)COc1ccc(Cl)cc1)NC(=O)COc1ccc(F)c(F)c1. The maximum atomic E-state index is 13.1. The van der Waals surface area contributed by atoms with E-state index in [9.17, 15) is 18.4 Å². The van der Waals surface area contributed by atoms with Gasteiger partial charge in [-0.3, -0.25) is 9.59 Å². The molecule has 0 fully saturated rings. The molecule has 2 rings (SSSR count). The van der Waals surface area contributed by atoms with Crippen LogP contribution in [0.5, 0.6) is 11.5 Å². The van der Waals surface area contributed by atoms with E-state index in [1.54, 1.807) is 24.3 Å². The van der Waals surface area contributed by atoms with Gasteiger partial charge in [0.05, 0.1) is 0 Å². The zero-order valence-electron chi connectivity index (χ0n) is 15.3. The maximum Gasteiger partial charge on any atom is 0.262 e. The molecular weight excluding hydrogens is 406 g/mol. The van der Waals surface area contributed by atoms with Crippen molar-refractivity contribution in [2.24, 2.45) is 0 Å². The lowest BCUT2D eigenvalue weighted by molar-refractivity contribution is -0.123. The molecule has 2 N–H and O–H groups in total. The second kappa shape index (κ2) is 11.0. The second-order valence-electron chi connectivity index (χ2n) is 5.86. The van der Waals surface area contributed by atoms with E-state index in [1.165, 1.54) is 6.07 Å². The number of nitrogens with one attached hydrogen (secondary N) is 2. The molecule has 2 aromatic rings. The monoisotopic (exact) mass is 424 g/mol. The molecule has 0 unspecified atom stereocenters. The Morgan fingerprint density at radius 2 is 1.55 bits per heavy atom. The maximum absolute atomic E-state index is 13.1. The second-order valence-corrected chi connectivity index (χ2v) is 6.30. The summed E-state index contributed by atoms with van der Waals surface area (Å²) in [6.07, 6.45) is 0.295. The third-order valence-electron chi connectivity index (χ3n) is 3.51. The molecule has 0 aliphatic carbocycles. The molecule has 2 aromatic carbocycles. The van der Waals surface area contributed by atoms with Crippen LogP contribution in [0.3, 0.4) is 0 Å². The average molecular weight is 425 g/mol. The van der Waals surface area contributed by atoms with Crippen molar-refractivity contribution in [1.82, 2.24) is 10.6 Å². The van der Waals surface area contributed by atoms with E-state index in [0.717, 1.165) is 12.1 Å². The number of carbonyl (C=O) groups excluding carboxylic acids is 2. The van der Waals surface area contributed by atoms with E-state index < -0.39 is 24.1 Å². The van der Waals surface area contributed by atoms with Crippen molar-refractivity contribution in [2.75, 3.05) is 19.8 Å². The summed E-state index contributed by atoms with van der Waals surface area (Å²) in [6, 6.07) is 9.56. The van der Waals surface area contributed by atoms with Crippen molar-refractivity contribution in [3.05, 3.63) is 71.4 Å². The van der Waals surface area contributed by atoms with Crippen LogP contribution < -0.4 is 20.1 Å². The lowest BCUT2D eigenvalue weighted by Gasteiger charge is -2.11. The predicted molar refractivity (Wildman–Crippen MR) is 104 cm³/mol. The number of benzene rings is 2. The summed E-state index contributed by atoms with van der Waals surface area (Å²) < 4.78 is 36.3. The van der Waals surface area contributed by atoms with Crippen LogP contribution in [0.25, 0.3) is 0 Å². The molecule has 0 heterocycles. The molecule has 0 aromatic heterocycles. The van der Waals surface area contributed by atoms with Crippen LogP contribution in [0.4, 0.5) is 8.78 Å². The first kappa shape index (κ1) is 22.2. The molecule has 6 nitrogen and oxygen atoms in total. The van der Waals surface area contributed by atoms with E-state index in [4.69, 9.17) is 21.1 Å². The predicted octanol–water partition coefficient (Wildman–Crippen LogP) is 3.21. The molecule has 0 radical (unpaired) electrons. The highest BCUT2D eigenvalue weighted by Crippen LogP contribution is 2.16. The molecule has 0 aliphatic rings.